The number of piperazine rings is 1. The van der Waals surface area contributed by atoms with E-state index in [2.05, 4.69) is 20.5 Å². The molecule has 1 aliphatic heterocycles. The number of fused-ring (bicyclic) bond motifs is 1. The van der Waals surface area contributed by atoms with Gasteiger partial charge in [-0.25, -0.2) is 9.97 Å². The van der Waals surface area contributed by atoms with E-state index in [4.69, 9.17) is 21.6 Å². The fourth-order valence-electron chi connectivity index (χ4n) is 4.42. The summed E-state index contributed by atoms with van der Waals surface area (Å²) in [5.41, 5.74) is 2.90. The summed E-state index contributed by atoms with van der Waals surface area (Å²) in [4.78, 5) is 41.3. The Morgan fingerprint density at radius 1 is 0.973 bits per heavy atom. The molecule has 9 nitrogen and oxygen atoms in total. The molecule has 0 atom stereocenters. The lowest BCUT2D eigenvalue weighted by molar-refractivity contribution is -0.118. The first-order valence-corrected chi connectivity index (χ1v) is 12.6. The van der Waals surface area contributed by atoms with E-state index < -0.39 is 0 Å². The molecule has 3 heterocycles. The molecule has 1 aliphatic rings. The average Bonchev–Trinajstić information content (AvgIpc) is 3.36. The smallest absolute Gasteiger partial charge is 0.270 e. The van der Waals surface area contributed by atoms with E-state index in [9.17, 15) is 9.59 Å². The number of nitrogens with one attached hydrogen (secondary N) is 3. The van der Waals surface area contributed by atoms with Crippen molar-refractivity contribution >= 4 is 46.0 Å². The molecule has 37 heavy (non-hydrogen) atoms. The number of halogens is 1. The molecule has 0 saturated carbocycles. The maximum atomic E-state index is 13.4. The average molecular weight is 518 g/mol. The van der Waals surface area contributed by atoms with E-state index in [0.29, 0.717) is 67.3 Å². The van der Waals surface area contributed by atoms with Gasteiger partial charge in [0.2, 0.25) is 5.91 Å². The molecule has 0 aliphatic carbocycles. The number of amides is 2. The molecule has 4 aromatic rings. The quantitative estimate of drug-likeness (QED) is 0.322. The molecule has 1 fully saturated rings. The Morgan fingerprint density at radius 3 is 2.43 bits per heavy atom. The Morgan fingerprint density at radius 2 is 1.70 bits per heavy atom. The first kappa shape index (κ1) is 24.6. The maximum absolute atomic E-state index is 13.4. The van der Waals surface area contributed by atoms with Gasteiger partial charge in [-0.3, -0.25) is 9.59 Å². The van der Waals surface area contributed by atoms with Crippen LogP contribution in [-0.4, -0.2) is 70.9 Å². The Labute approximate surface area is 219 Å². The number of hydrogen-bond acceptors (Lipinski definition) is 6. The highest BCUT2D eigenvalue weighted by Crippen LogP contribution is 2.28. The van der Waals surface area contributed by atoms with Gasteiger partial charge >= 0.3 is 0 Å². The largest absolute Gasteiger partial charge is 0.368 e. The number of nitrogens with zero attached hydrogens (tertiary/aromatic N) is 4. The van der Waals surface area contributed by atoms with Gasteiger partial charge in [-0.1, -0.05) is 54.1 Å². The summed E-state index contributed by atoms with van der Waals surface area (Å²) in [6.07, 6.45) is 0. The molecule has 0 bridgehead atoms. The number of para-hydroxylation sites is 1. The normalized spacial score (nSPS) is 13.6. The molecular formula is C27H28ClN7O2. The molecule has 190 valence electrons. The van der Waals surface area contributed by atoms with E-state index in [1.165, 1.54) is 6.92 Å². The van der Waals surface area contributed by atoms with Crippen LogP contribution in [0.15, 0.2) is 60.7 Å². The van der Waals surface area contributed by atoms with Crippen molar-refractivity contribution in [2.24, 2.45) is 0 Å². The molecule has 10 heteroatoms. The number of benzene rings is 2. The van der Waals surface area contributed by atoms with E-state index in [0.717, 1.165) is 16.6 Å². The zero-order valence-electron chi connectivity index (χ0n) is 20.5. The second-order valence-corrected chi connectivity index (χ2v) is 9.25. The van der Waals surface area contributed by atoms with E-state index >= 15 is 0 Å². The van der Waals surface area contributed by atoms with Crippen LogP contribution in [0.5, 0.6) is 0 Å². The van der Waals surface area contributed by atoms with Gasteiger partial charge < -0.3 is 25.4 Å². The number of aromatic nitrogens is 3. The lowest BCUT2D eigenvalue weighted by atomic mass is 10.2. The number of aromatic amines is 1. The van der Waals surface area contributed by atoms with Crippen molar-refractivity contribution in [3.05, 3.63) is 71.4 Å². The summed E-state index contributed by atoms with van der Waals surface area (Å²) in [5.74, 6) is 0.975. The van der Waals surface area contributed by atoms with Gasteiger partial charge in [0, 0.05) is 51.8 Å². The van der Waals surface area contributed by atoms with Gasteiger partial charge in [0.05, 0.1) is 16.1 Å². The highest BCUT2D eigenvalue weighted by molar-refractivity contribution is 6.33. The van der Waals surface area contributed by atoms with Crippen molar-refractivity contribution in [3.8, 4) is 11.4 Å². The lowest BCUT2D eigenvalue weighted by Crippen LogP contribution is -2.49. The molecule has 2 amide bonds. The predicted molar refractivity (Wildman–Crippen MR) is 146 cm³/mol. The van der Waals surface area contributed by atoms with Gasteiger partial charge in [-0.2, -0.15) is 0 Å². The standard InChI is InChI=1S/C27H28ClN7O2/c1-18(36)29-11-12-30-25-20-17-22(31-26(20)33-24(32-25)19-7-3-2-4-8-19)27(37)35-15-13-34(14-16-35)23-10-6-5-9-21(23)28/h2-10,17H,11-16H2,1H3,(H,29,36)(H2,30,31,32,33). The Balaban J connectivity index is 1.37. The first-order valence-electron chi connectivity index (χ1n) is 12.2. The van der Waals surface area contributed by atoms with Crippen LogP contribution in [0.4, 0.5) is 11.5 Å². The van der Waals surface area contributed by atoms with Gasteiger partial charge in [-0.05, 0) is 18.2 Å². The van der Waals surface area contributed by atoms with E-state index in [1.54, 1.807) is 6.07 Å². The fourth-order valence-corrected chi connectivity index (χ4v) is 4.68. The zero-order chi connectivity index (χ0) is 25.8. The molecule has 5 rings (SSSR count). The van der Waals surface area contributed by atoms with Crippen molar-refractivity contribution in [3.63, 3.8) is 0 Å². The van der Waals surface area contributed by atoms with Gasteiger partial charge in [0.25, 0.3) is 5.91 Å². The van der Waals surface area contributed by atoms with Crippen molar-refractivity contribution in [2.45, 2.75) is 6.92 Å². The number of carbonyl (C=O) groups excluding carboxylic acids is 2. The second kappa shape index (κ2) is 10.9. The number of anilines is 2. The topological polar surface area (TPSA) is 106 Å². The van der Waals surface area contributed by atoms with Gasteiger partial charge in [0.15, 0.2) is 5.82 Å². The number of H-pyrrole nitrogens is 1. The van der Waals surface area contributed by atoms with Crippen molar-refractivity contribution in [1.29, 1.82) is 0 Å². The van der Waals surface area contributed by atoms with Crippen LogP contribution >= 0.6 is 11.6 Å². The summed E-state index contributed by atoms with van der Waals surface area (Å²) >= 11 is 6.36. The minimum Gasteiger partial charge on any atom is -0.368 e. The van der Waals surface area contributed by atoms with Gasteiger partial charge in [0.1, 0.15) is 17.2 Å². The Bertz CT molecular complexity index is 1420. The summed E-state index contributed by atoms with van der Waals surface area (Å²) < 4.78 is 0. The molecule has 0 spiro atoms. The van der Waals surface area contributed by atoms with Crippen LogP contribution in [0.2, 0.25) is 5.02 Å². The summed E-state index contributed by atoms with van der Waals surface area (Å²) in [5, 5.41) is 7.49. The SMILES string of the molecule is CC(=O)NCCNc1nc(-c2ccccc2)nc2[nH]c(C(=O)N3CCN(c4ccccc4Cl)CC3)cc12. The fraction of sp³-hybridized carbons (Fsp3) is 0.259. The van der Waals surface area contributed by atoms with Crippen molar-refractivity contribution in [1.82, 2.24) is 25.2 Å². The lowest BCUT2D eigenvalue weighted by Gasteiger charge is -2.36. The van der Waals surface area contributed by atoms with Crippen LogP contribution in [0.25, 0.3) is 22.4 Å². The van der Waals surface area contributed by atoms with Crippen LogP contribution in [-0.2, 0) is 4.79 Å². The van der Waals surface area contributed by atoms with Crippen LogP contribution in [0.3, 0.4) is 0 Å². The third-order valence-electron chi connectivity index (χ3n) is 6.30. The van der Waals surface area contributed by atoms with E-state index in [1.807, 2.05) is 59.5 Å². The second-order valence-electron chi connectivity index (χ2n) is 8.85. The molecule has 2 aromatic carbocycles. The monoisotopic (exact) mass is 517 g/mol. The number of rotatable bonds is 7. The highest BCUT2D eigenvalue weighted by atomic mass is 35.5. The maximum Gasteiger partial charge on any atom is 0.270 e. The first-order chi connectivity index (χ1) is 18.0. The minimum absolute atomic E-state index is 0.0812. The molecule has 0 unspecified atom stereocenters. The predicted octanol–water partition coefficient (Wildman–Crippen LogP) is 3.79. The Kier molecular flexibility index (Phi) is 7.23. The van der Waals surface area contributed by atoms with Crippen LogP contribution < -0.4 is 15.5 Å². The molecule has 1 saturated heterocycles. The highest BCUT2D eigenvalue weighted by Gasteiger charge is 2.25. The Hall–Kier alpha value is -4.11. The summed E-state index contributed by atoms with van der Waals surface area (Å²) in [6, 6.07) is 19.2. The molecule has 3 N–H and O–H groups in total. The molecular weight excluding hydrogens is 490 g/mol. The van der Waals surface area contributed by atoms with Crippen LogP contribution in [0.1, 0.15) is 17.4 Å². The van der Waals surface area contributed by atoms with Crippen molar-refractivity contribution < 1.29 is 9.59 Å². The molecule has 0 radical (unpaired) electrons. The van der Waals surface area contributed by atoms with E-state index in [-0.39, 0.29) is 11.8 Å². The number of carbonyl (C=O) groups is 2. The minimum atomic E-state index is -0.0937. The molecule has 2 aromatic heterocycles. The van der Waals surface area contributed by atoms with Crippen molar-refractivity contribution in [2.75, 3.05) is 49.5 Å². The third kappa shape index (κ3) is 5.51. The summed E-state index contributed by atoms with van der Waals surface area (Å²) in [7, 11) is 0. The third-order valence-corrected chi connectivity index (χ3v) is 6.62. The van der Waals surface area contributed by atoms with Crippen LogP contribution in [0, 0.1) is 0 Å². The number of hydrogen-bond donors (Lipinski definition) is 3. The van der Waals surface area contributed by atoms with Gasteiger partial charge in [-0.15, -0.1) is 0 Å². The summed E-state index contributed by atoms with van der Waals surface area (Å²) in [6.45, 7) is 4.98. The zero-order valence-corrected chi connectivity index (χ0v) is 21.3.